The molecule has 0 fully saturated rings. The molecule has 32 heavy (non-hydrogen) atoms. The Morgan fingerprint density at radius 1 is 1.34 bits per heavy atom. The first-order valence-corrected chi connectivity index (χ1v) is 9.89. The lowest BCUT2D eigenvalue weighted by Crippen LogP contribution is -2.47. The van der Waals surface area contributed by atoms with Crippen LogP contribution in [0, 0.1) is 0 Å². The second-order valence-electron chi connectivity index (χ2n) is 6.97. The fourth-order valence-electron chi connectivity index (χ4n) is 3.46. The molecule has 166 valence electrons. The Labute approximate surface area is 184 Å². The molecule has 0 saturated carbocycles. The minimum absolute atomic E-state index is 0.0414. The largest absolute Gasteiger partial charge is 0.494 e. The maximum atomic E-state index is 12.8. The lowest BCUT2D eigenvalue weighted by molar-refractivity contribution is -0.137. The first kappa shape index (κ1) is 22.8. The number of hydrogen-bond donors (Lipinski definition) is 3. The number of amides is 1. The normalized spacial score (nSPS) is 19.3. The summed E-state index contributed by atoms with van der Waals surface area (Å²) in [6, 6.07) is 13.6. The van der Waals surface area contributed by atoms with Gasteiger partial charge in [-0.25, -0.2) is 10.5 Å². The number of hydrogen-bond acceptors (Lipinski definition) is 7. The monoisotopic (exact) mass is 437 g/mol. The number of aliphatic hydroxyl groups is 1. The van der Waals surface area contributed by atoms with Crippen LogP contribution in [0.4, 0.5) is 5.69 Å². The number of carbonyl (C=O) groups excluding carboxylic acids is 1. The second-order valence-corrected chi connectivity index (χ2v) is 6.97. The van der Waals surface area contributed by atoms with Crippen LogP contribution in [0.15, 0.2) is 71.3 Å². The summed E-state index contributed by atoms with van der Waals surface area (Å²) >= 11 is 0. The summed E-state index contributed by atoms with van der Waals surface area (Å²) in [6.07, 6.45) is 1.10. The Bertz CT molecular complexity index is 1050. The van der Waals surface area contributed by atoms with Crippen LogP contribution in [0.2, 0.25) is 0 Å². The predicted octanol–water partition coefficient (Wildman–Crippen LogP) is 3.73. The third kappa shape index (κ3) is 4.57. The number of azide groups is 1. The maximum absolute atomic E-state index is 12.8. The van der Waals surface area contributed by atoms with E-state index < -0.39 is 17.6 Å². The van der Waals surface area contributed by atoms with Gasteiger partial charge in [0, 0.05) is 41.2 Å². The highest BCUT2D eigenvalue weighted by atomic mass is 16.5. The predicted molar refractivity (Wildman–Crippen MR) is 117 cm³/mol. The fraction of sp³-hybridized carbons (Fsp3) is 0.273. The highest BCUT2D eigenvalue weighted by molar-refractivity contribution is 6.01. The lowest BCUT2D eigenvalue weighted by Gasteiger charge is -2.29. The van der Waals surface area contributed by atoms with Crippen LogP contribution in [0.25, 0.3) is 10.4 Å². The molecule has 3 rings (SSSR count). The average Bonchev–Trinajstić information content (AvgIpc) is 3.20. The van der Waals surface area contributed by atoms with E-state index in [9.17, 15) is 10.0 Å². The van der Waals surface area contributed by atoms with E-state index in [0.29, 0.717) is 29.9 Å². The zero-order chi connectivity index (χ0) is 23.0. The Hall–Kier alpha value is -3.85. The summed E-state index contributed by atoms with van der Waals surface area (Å²) in [5.74, 6) is 0.00621. The molecule has 1 amide bonds. The molecule has 1 aliphatic heterocycles. The van der Waals surface area contributed by atoms with E-state index in [0.717, 1.165) is 0 Å². The molecule has 3 N–H and O–H groups in total. The van der Waals surface area contributed by atoms with Crippen molar-refractivity contribution in [3.8, 4) is 5.75 Å². The van der Waals surface area contributed by atoms with Gasteiger partial charge in [0.1, 0.15) is 5.75 Å². The van der Waals surface area contributed by atoms with E-state index in [1.165, 1.54) is 6.08 Å². The smallest absolute Gasteiger partial charge is 0.275 e. The molecule has 0 unspecified atom stereocenters. The number of benzene rings is 2. The molecule has 0 bridgehead atoms. The molecule has 2 aromatic rings. The van der Waals surface area contributed by atoms with Crippen molar-refractivity contribution in [3.05, 3.63) is 82.8 Å². The standard InChI is InChI=1S/C22H23N5O5/c1-2-12-22(21(29)26-30)19(17-6-3-4-7-18(17)25-27-23)32-20(24-22)15-8-10-16(11-9-15)31-14-5-13-28/h2-4,6-11,19,28,30H,1,5,12-14H2,(H,26,29)/t19-,22-/m0/s1. The molecule has 10 nitrogen and oxygen atoms in total. The average molecular weight is 437 g/mol. The van der Waals surface area contributed by atoms with Crippen LogP contribution < -0.4 is 10.2 Å². The second kappa shape index (κ2) is 10.5. The molecule has 2 aromatic carbocycles. The van der Waals surface area contributed by atoms with E-state index >= 15 is 0 Å². The molecule has 10 heteroatoms. The van der Waals surface area contributed by atoms with E-state index in [4.69, 9.17) is 20.1 Å². The first-order chi connectivity index (χ1) is 15.6. The van der Waals surface area contributed by atoms with Crippen molar-refractivity contribution in [3.63, 3.8) is 0 Å². The highest BCUT2D eigenvalue weighted by Gasteiger charge is 2.53. The number of carbonyl (C=O) groups is 1. The van der Waals surface area contributed by atoms with E-state index in [-0.39, 0.29) is 24.6 Å². The molecule has 0 aliphatic carbocycles. The topological polar surface area (TPSA) is 149 Å². The Kier molecular flexibility index (Phi) is 7.45. The first-order valence-electron chi connectivity index (χ1n) is 9.89. The molecule has 1 aliphatic rings. The molecular formula is C22H23N5O5. The number of nitrogens with zero attached hydrogens (tertiary/aromatic N) is 4. The number of ether oxygens (including phenoxy) is 2. The van der Waals surface area contributed by atoms with E-state index in [1.54, 1.807) is 54.0 Å². The van der Waals surface area contributed by atoms with Gasteiger partial charge in [-0.15, -0.1) is 6.58 Å². The Morgan fingerprint density at radius 3 is 2.75 bits per heavy atom. The van der Waals surface area contributed by atoms with E-state index in [1.807, 2.05) is 0 Å². The van der Waals surface area contributed by atoms with Crippen LogP contribution in [0.3, 0.4) is 0 Å². The van der Waals surface area contributed by atoms with Gasteiger partial charge in [0.2, 0.25) is 5.90 Å². The van der Waals surface area contributed by atoms with Gasteiger partial charge in [-0.2, -0.15) is 0 Å². The molecule has 0 aromatic heterocycles. The highest BCUT2D eigenvalue weighted by Crippen LogP contribution is 2.45. The minimum atomic E-state index is -1.57. The summed E-state index contributed by atoms with van der Waals surface area (Å²) in [7, 11) is 0. The molecule has 0 saturated heterocycles. The zero-order valence-corrected chi connectivity index (χ0v) is 17.2. The third-order valence-corrected chi connectivity index (χ3v) is 4.96. The quantitative estimate of drug-likeness (QED) is 0.0984. The summed E-state index contributed by atoms with van der Waals surface area (Å²) in [5.41, 5.74) is 10.4. The fourth-order valence-corrected chi connectivity index (χ4v) is 3.46. The number of aliphatic imine (C=N–C) groups is 1. The van der Waals surface area contributed by atoms with Gasteiger partial charge in [-0.05, 0) is 29.8 Å². The van der Waals surface area contributed by atoms with Gasteiger partial charge in [0.25, 0.3) is 5.91 Å². The van der Waals surface area contributed by atoms with Gasteiger partial charge in [0.15, 0.2) is 11.6 Å². The number of rotatable bonds is 10. The summed E-state index contributed by atoms with van der Waals surface area (Å²) in [6.45, 7) is 4.14. The third-order valence-electron chi connectivity index (χ3n) is 4.96. The van der Waals surface area contributed by atoms with Crippen molar-refractivity contribution >= 4 is 17.5 Å². The number of hydroxylamine groups is 1. The van der Waals surface area contributed by atoms with Gasteiger partial charge in [0.05, 0.1) is 6.61 Å². The van der Waals surface area contributed by atoms with Crippen LogP contribution in [0.1, 0.15) is 30.1 Å². The van der Waals surface area contributed by atoms with E-state index in [2.05, 4.69) is 21.6 Å². The van der Waals surface area contributed by atoms with Gasteiger partial charge in [-0.3, -0.25) is 10.0 Å². The lowest BCUT2D eigenvalue weighted by atomic mass is 9.84. The molecule has 1 heterocycles. The SMILES string of the molecule is C=CC[C@]1(C(=O)NO)N=C(c2ccc(OCCCO)cc2)O[C@H]1c1ccccc1N=[N+]=[N-]. The van der Waals surface area contributed by atoms with Crippen LogP contribution in [0.5, 0.6) is 5.75 Å². The van der Waals surface area contributed by atoms with Crippen molar-refractivity contribution in [2.75, 3.05) is 13.2 Å². The number of aliphatic hydroxyl groups excluding tert-OH is 1. The van der Waals surface area contributed by atoms with Crippen molar-refractivity contribution in [1.29, 1.82) is 0 Å². The Morgan fingerprint density at radius 2 is 2.09 bits per heavy atom. The van der Waals surface area contributed by atoms with Crippen molar-refractivity contribution in [2.45, 2.75) is 24.5 Å². The molecule has 0 spiro atoms. The van der Waals surface area contributed by atoms with Crippen LogP contribution in [-0.4, -0.2) is 40.9 Å². The van der Waals surface area contributed by atoms with Gasteiger partial charge >= 0.3 is 0 Å². The van der Waals surface area contributed by atoms with Crippen molar-refractivity contribution < 1.29 is 24.6 Å². The Balaban J connectivity index is 2.03. The van der Waals surface area contributed by atoms with Gasteiger partial charge < -0.3 is 14.6 Å². The van der Waals surface area contributed by atoms with Crippen LogP contribution >= 0.6 is 0 Å². The summed E-state index contributed by atoms with van der Waals surface area (Å²) in [5, 5.41) is 22.0. The summed E-state index contributed by atoms with van der Waals surface area (Å²) < 4.78 is 11.7. The van der Waals surface area contributed by atoms with Gasteiger partial charge in [-0.1, -0.05) is 35.5 Å². The van der Waals surface area contributed by atoms with Crippen molar-refractivity contribution in [1.82, 2.24) is 5.48 Å². The zero-order valence-electron chi connectivity index (χ0n) is 17.2. The van der Waals surface area contributed by atoms with Crippen molar-refractivity contribution in [2.24, 2.45) is 10.1 Å². The molecule has 2 atom stereocenters. The maximum Gasteiger partial charge on any atom is 0.275 e. The summed E-state index contributed by atoms with van der Waals surface area (Å²) in [4.78, 5) is 20.2. The molecular weight excluding hydrogens is 414 g/mol. The minimum Gasteiger partial charge on any atom is -0.494 e. The number of nitrogens with one attached hydrogen (secondary N) is 1. The molecule has 0 radical (unpaired) electrons. The van der Waals surface area contributed by atoms with Crippen LogP contribution in [-0.2, 0) is 9.53 Å².